The average Bonchev–Trinajstić information content (AvgIpc) is 3.04. The number of nitrogens with one attached hydrogen (secondary N) is 1. The second kappa shape index (κ2) is 9.52. The fourth-order valence-electron chi connectivity index (χ4n) is 3.77. The maximum atomic E-state index is 12.9. The zero-order chi connectivity index (χ0) is 20.0. The summed E-state index contributed by atoms with van der Waals surface area (Å²) in [6.07, 6.45) is 7.86. The lowest BCUT2D eigenvalue weighted by atomic mass is 10.2. The summed E-state index contributed by atoms with van der Waals surface area (Å²) in [4.78, 5) is 24.3. The number of benzene rings is 1. The summed E-state index contributed by atoms with van der Waals surface area (Å²) in [5.41, 5.74) is 0.129. The van der Waals surface area contributed by atoms with Crippen LogP contribution in [0.4, 0.5) is 0 Å². The van der Waals surface area contributed by atoms with Gasteiger partial charge in [0.25, 0.3) is 5.91 Å². The summed E-state index contributed by atoms with van der Waals surface area (Å²) in [6, 6.07) is 6.01. The third kappa shape index (κ3) is 5.32. The van der Waals surface area contributed by atoms with Gasteiger partial charge in [0.15, 0.2) is 6.61 Å². The molecule has 7 nitrogen and oxygen atoms in total. The van der Waals surface area contributed by atoms with E-state index >= 15 is 0 Å². The number of sulfonamides is 1. The Bertz CT molecular complexity index is 795. The minimum Gasteiger partial charge on any atom is -0.452 e. The molecule has 1 saturated carbocycles. The number of esters is 1. The highest BCUT2D eigenvalue weighted by Gasteiger charge is 2.26. The van der Waals surface area contributed by atoms with Crippen molar-refractivity contribution in [1.82, 2.24) is 9.62 Å². The molecule has 0 atom stereocenters. The van der Waals surface area contributed by atoms with E-state index in [9.17, 15) is 18.0 Å². The van der Waals surface area contributed by atoms with E-state index in [0.29, 0.717) is 13.1 Å². The van der Waals surface area contributed by atoms with Crippen LogP contribution in [0.2, 0.25) is 0 Å². The van der Waals surface area contributed by atoms with E-state index in [1.54, 1.807) is 0 Å². The Morgan fingerprint density at radius 3 is 2.39 bits per heavy atom. The van der Waals surface area contributed by atoms with Crippen LogP contribution in [0, 0.1) is 0 Å². The van der Waals surface area contributed by atoms with Crippen molar-refractivity contribution in [3.63, 3.8) is 0 Å². The molecular formula is C20H28N2O5S. The molecule has 1 saturated heterocycles. The molecule has 1 amide bonds. The summed E-state index contributed by atoms with van der Waals surface area (Å²) < 4.78 is 32.3. The predicted molar refractivity (Wildman–Crippen MR) is 104 cm³/mol. The summed E-state index contributed by atoms with van der Waals surface area (Å²) in [5, 5.41) is 2.85. The van der Waals surface area contributed by atoms with Crippen molar-refractivity contribution in [3.05, 3.63) is 29.8 Å². The van der Waals surface area contributed by atoms with Crippen LogP contribution in [0.5, 0.6) is 0 Å². The normalized spacial score (nSPS) is 19.1. The SMILES string of the molecule is O=C(COC(=O)c1cccc(S(=O)(=O)N2CCCCCC2)c1)NC1CCCC1. The molecule has 3 rings (SSSR count). The summed E-state index contributed by atoms with van der Waals surface area (Å²) in [5.74, 6) is -1.02. The molecule has 0 radical (unpaired) electrons. The zero-order valence-corrected chi connectivity index (χ0v) is 16.9. The molecule has 2 fully saturated rings. The second-order valence-corrected chi connectivity index (χ2v) is 9.41. The lowest BCUT2D eigenvalue weighted by molar-refractivity contribution is -0.124. The Balaban J connectivity index is 1.61. The number of ether oxygens (including phenoxy) is 1. The Morgan fingerprint density at radius 2 is 1.71 bits per heavy atom. The second-order valence-electron chi connectivity index (χ2n) is 7.47. The molecule has 0 bridgehead atoms. The van der Waals surface area contributed by atoms with E-state index in [-0.39, 0.29) is 29.0 Å². The van der Waals surface area contributed by atoms with Gasteiger partial charge in [0.1, 0.15) is 0 Å². The maximum absolute atomic E-state index is 12.9. The molecule has 8 heteroatoms. The van der Waals surface area contributed by atoms with Gasteiger partial charge in [0.2, 0.25) is 10.0 Å². The first-order chi connectivity index (χ1) is 13.5. The smallest absolute Gasteiger partial charge is 0.338 e. The van der Waals surface area contributed by atoms with Crippen molar-refractivity contribution in [1.29, 1.82) is 0 Å². The predicted octanol–water partition coefficient (Wildman–Crippen LogP) is 2.47. The highest BCUT2D eigenvalue weighted by Crippen LogP contribution is 2.21. The minimum absolute atomic E-state index is 0.0826. The largest absolute Gasteiger partial charge is 0.452 e. The van der Waals surface area contributed by atoms with Gasteiger partial charge in [0, 0.05) is 19.1 Å². The van der Waals surface area contributed by atoms with Gasteiger partial charge in [-0.15, -0.1) is 0 Å². The van der Waals surface area contributed by atoms with Gasteiger partial charge in [-0.1, -0.05) is 31.7 Å². The molecule has 2 aliphatic rings. The lowest BCUT2D eigenvalue weighted by Crippen LogP contribution is -2.36. The molecule has 1 heterocycles. The number of hydrogen-bond acceptors (Lipinski definition) is 5. The zero-order valence-electron chi connectivity index (χ0n) is 16.1. The molecule has 0 spiro atoms. The van der Waals surface area contributed by atoms with Crippen molar-refractivity contribution in [2.45, 2.75) is 62.3 Å². The average molecular weight is 409 g/mol. The van der Waals surface area contributed by atoms with E-state index in [2.05, 4.69) is 5.32 Å². The molecule has 1 aromatic carbocycles. The van der Waals surface area contributed by atoms with Crippen molar-refractivity contribution in [2.75, 3.05) is 19.7 Å². The molecular weight excluding hydrogens is 380 g/mol. The number of rotatable bonds is 6. The molecule has 1 aromatic rings. The van der Waals surface area contributed by atoms with Gasteiger partial charge < -0.3 is 10.1 Å². The number of hydrogen-bond donors (Lipinski definition) is 1. The molecule has 28 heavy (non-hydrogen) atoms. The fraction of sp³-hybridized carbons (Fsp3) is 0.600. The first kappa shape index (κ1) is 20.8. The van der Waals surface area contributed by atoms with Crippen LogP contribution in [-0.4, -0.2) is 50.3 Å². The molecule has 1 aliphatic heterocycles. The quantitative estimate of drug-likeness (QED) is 0.730. The van der Waals surface area contributed by atoms with E-state index < -0.39 is 16.0 Å². The number of amides is 1. The molecule has 0 aromatic heterocycles. The van der Waals surface area contributed by atoms with Crippen LogP contribution in [-0.2, 0) is 19.6 Å². The standard InChI is InChI=1S/C20H28N2O5S/c23-19(21-17-9-3-4-10-17)15-27-20(24)16-8-7-11-18(14-16)28(25,26)22-12-5-1-2-6-13-22/h7-8,11,14,17H,1-6,9-10,12-13,15H2,(H,21,23). The minimum atomic E-state index is -3.64. The molecule has 1 N–H and O–H groups in total. The van der Waals surface area contributed by atoms with Gasteiger partial charge >= 0.3 is 5.97 Å². The Kier molecular flexibility index (Phi) is 7.07. The fourth-order valence-corrected chi connectivity index (χ4v) is 5.33. The van der Waals surface area contributed by atoms with E-state index in [1.165, 1.54) is 28.6 Å². The van der Waals surface area contributed by atoms with Crippen molar-refractivity contribution >= 4 is 21.9 Å². The van der Waals surface area contributed by atoms with Crippen LogP contribution in [0.25, 0.3) is 0 Å². The van der Waals surface area contributed by atoms with Crippen LogP contribution in [0.15, 0.2) is 29.2 Å². The van der Waals surface area contributed by atoms with Crippen molar-refractivity contribution in [2.24, 2.45) is 0 Å². The monoisotopic (exact) mass is 408 g/mol. The van der Waals surface area contributed by atoms with E-state index in [4.69, 9.17) is 4.74 Å². The summed E-state index contributed by atoms with van der Waals surface area (Å²) >= 11 is 0. The number of nitrogens with zero attached hydrogens (tertiary/aromatic N) is 1. The van der Waals surface area contributed by atoms with Crippen LogP contribution in [0.3, 0.4) is 0 Å². The van der Waals surface area contributed by atoms with E-state index in [0.717, 1.165) is 51.4 Å². The maximum Gasteiger partial charge on any atom is 0.338 e. The van der Waals surface area contributed by atoms with Gasteiger partial charge in [-0.2, -0.15) is 4.31 Å². The van der Waals surface area contributed by atoms with Gasteiger partial charge in [-0.25, -0.2) is 13.2 Å². The molecule has 154 valence electrons. The first-order valence-electron chi connectivity index (χ1n) is 10.0. The van der Waals surface area contributed by atoms with Gasteiger partial charge in [0.05, 0.1) is 10.5 Å². The number of carbonyl (C=O) groups excluding carboxylic acids is 2. The van der Waals surface area contributed by atoms with Crippen LogP contribution >= 0.6 is 0 Å². The Morgan fingerprint density at radius 1 is 1.04 bits per heavy atom. The highest BCUT2D eigenvalue weighted by atomic mass is 32.2. The van der Waals surface area contributed by atoms with Crippen molar-refractivity contribution < 1.29 is 22.7 Å². The highest BCUT2D eigenvalue weighted by molar-refractivity contribution is 7.89. The molecule has 1 aliphatic carbocycles. The topological polar surface area (TPSA) is 92.8 Å². The van der Waals surface area contributed by atoms with Crippen LogP contribution < -0.4 is 5.32 Å². The Hall–Kier alpha value is -1.93. The van der Waals surface area contributed by atoms with E-state index in [1.807, 2.05) is 0 Å². The number of carbonyl (C=O) groups is 2. The van der Waals surface area contributed by atoms with Crippen LogP contribution in [0.1, 0.15) is 61.7 Å². The van der Waals surface area contributed by atoms with Crippen molar-refractivity contribution in [3.8, 4) is 0 Å². The van der Waals surface area contributed by atoms with Gasteiger partial charge in [-0.3, -0.25) is 4.79 Å². The third-order valence-electron chi connectivity index (χ3n) is 5.33. The summed E-state index contributed by atoms with van der Waals surface area (Å²) in [6.45, 7) is 0.634. The summed E-state index contributed by atoms with van der Waals surface area (Å²) in [7, 11) is -3.64. The lowest BCUT2D eigenvalue weighted by Gasteiger charge is -2.20. The molecule has 0 unspecified atom stereocenters. The Labute approximate surface area is 166 Å². The third-order valence-corrected chi connectivity index (χ3v) is 7.22. The first-order valence-corrected chi connectivity index (χ1v) is 11.5. The van der Waals surface area contributed by atoms with Gasteiger partial charge in [-0.05, 0) is 43.9 Å².